The lowest BCUT2D eigenvalue weighted by atomic mass is 9.78. The van der Waals surface area contributed by atoms with Gasteiger partial charge in [0.05, 0.1) is 5.92 Å². The van der Waals surface area contributed by atoms with Crippen LogP contribution in [-0.2, 0) is 26.0 Å². The molecule has 0 aliphatic heterocycles. The summed E-state index contributed by atoms with van der Waals surface area (Å²) in [5.74, 6) is -0.282. The second kappa shape index (κ2) is 6.30. The molecular weight excluding hydrogens is 284 g/mol. The van der Waals surface area contributed by atoms with Gasteiger partial charge in [-0.3, -0.25) is 4.79 Å². The molecule has 0 spiro atoms. The first-order valence-electron chi connectivity index (χ1n) is 8.54. The topological polar surface area (TPSA) is 26.3 Å². The summed E-state index contributed by atoms with van der Waals surface area (Å²) in [5, 5.41) is 0. The van der Waals surface area contributed by atoms with Gasteiger partial charge >= 0.3 is 5.97 Å². The zero-order valence-electron chi connectivity index (χ0n) is 16.6. The molecule has 1 rings (SSSR count). The van der Waals surface area contributed by atoms with Gasteiger partial charge in [-0.2, -0.15) is 0 Å². The highest BCUT2D eigenvalue weighted by Crippen LogP contribution is 2.35. The molecule has 23 heavy (non-hydrogen) atoms. The highest BCUT2D eigenvalue weighted by atomic mass is 16.6. The van der Waals surface area contributed by atoms with Gasteiger partial charge in [0.1, 0.15) is 5.60 Å². The van der Waals surface area contributed by atoms with Crippen molar-refractivity contribution in [3.05, 3.63) is 34.9 Å². The molecular formula is C21H34O2. The van der Waals surface area contributed by atoms with E-state index in [1.54, 1.807) is 0 Å². The highest BCUT2D eigenvalue weighted by Gasteiger charge is 2.30. The lowest BCUT2D eigenvalue weighted by Gasteiger charge is -2.32. The van der Waals surface area contributed by atoms with E-state index >= 15 is 0 Å². The largest absolute Gasteiger partial charge is 0.455 e. The molecule has 0 saturated carbocycles. The molecule has 0 bridgehead atoms. The van der Waals surface area contributed by atoms with Crippen molar-refractivity contribution in [3.8, 4) is 0 Å². The van der Waals surface area contributed by atoms with E-state index in [-0.39, 0.29) is 22.7 Å². The van der Waals surface area contributed by atoms with Crippen LogP contribution in [0.15, 0.2) is 18.2 Å². The van der Waals surface area contributed by atoms with Crippen LogP contribution in [0.4, 0.5) is 0 Å². The van der Waals surface area contributed by atoms with Gasteiger partial charge in [-0.25, -0.2) is 0 Å². The van der Waals surface area contributed by atoms with Crippen LogP contribution in [0.3, 0.4) is 0 Å². The molecule has 0 atom stereocenters. The quantitative estimate of drug-likeness (QED) is 0.667. The van der Waals surface area contributed by atoms with Gasteiger partial charge in [-0.15, -0.1) is 0 Å². The first-order valence-corrected chi connectivity index (χ1v) is 8.54. The Kier molecular flexibility index (Phi) is 5.40. The van der Waals surface area contributed by atoms with Gasteiger partial charge in [0.15, 0.2) is 0 Å². The third-order valence-electron chi connectivity index (χ3n) is 4.19. The summed E-state index contributed by atoms with van der Waals surface area (Å²) in [6, 6.07) is 6.65. The standard InChI is InChI=1S/C21H34O2/c1-14(2)18(22)23-21(9,10)17-12-15(19(3,4)5)11-16(13-17)20(6,7)8/h11-14H,1-10H3. The van der Waals surface area contributed by atoms with Gasteiger partial charge in [-0.05, 0) is 41.4 Å². The first kappa shape index (κ1) is 19.7. The molecule has 130 valence electrons. The zero-order valence-corrected chi connectivity index (χ0v) is 16.6. The van der Waals surface area contributed by atoms with Crippen molar-refractivity contribution < 1.29 is 9.53 Å². The molecule has 2 nitrogen and oxygen atoms in total. The third kappa shape index (κ3) is 5.09. The number of carbonyl (C=O) groups is 1. The van der Waals surface area contributed by atoms with Crippen molar-refractivity contribution in [2.75, 3.05) is 0 Å². The fraction of sp³-hybridized carbons (Fsp3) is 0.667. The molecule has 2 heteroatoms. The first-order chi connectivity index (χ1) is 10.1. The molecule has 0 saturated heterocycles. The molecule has 1 aromatic carbocycles. The van der Waals surface area contributed by atoms with E-state index in [1.165, 1.54) is 11.1 Å². The van der Waals surface area contributed by atoms with E-state index < -0.39 is 5.60 Å². The van der Waals surface area contributed by atoms with Crippen molar-refractivity contribution in [3.63, 3.8) is 0 Å². The third-order valence-corrected chi connectivity index (χ3v) is 4.19. The van der Waals surface area contributed by atoms with Crippen molar-refractivity contribution >= 4 is 5.97 Å². The Morgan fingerprint density at radius 2 is 1.13 bits per heavy atom. The lowest BCUT2D eigenvalue weighted by Crippen LogP contribution is -2.29. The Balaban J connectivity index is 3.42. The number of hydrogen-bond donors (Lipinski definition) is 0. The zero-order chi connectivity index (χ0) is 18.2. The van der Waals surface area contributed by atoms with Crippen LogP contribution >= 0.6 is 0 Å². The van der Waals surface area contributed by atoms with E-state index in [9.17, 15) is 4.79 Å². The minimum Gasteiger partial charge on any atom is -0.455 e. The summed E-state index contributed by atoms with van der Waals surface area (Å²) in [5.41, 5.74) is 3.07. The number of ether oxygens (including phenoxy) is 1. The number of benzene rings is 1. The normalized spacial score (nSPS) is 13.3. The average molecular weight is 319 g/mol. The highest BCUT2D eigenvalue weighted by molar-refractivity contribution is 5.72. The molecule has 0 fully saturated rings. The lowest BCUT2D eigenvalue weighted by molar-refractivity contribution is -0.161. The Morgan fingerprint density at radius 1 is 0.783 bits per heavy atom. The Hall–Kier alpha value is -1.31. The molecule has 0 N–H and O–H groups in total. The van der Waals surface area contributed by atoms with E-state index in [2.05, 4.69) is 59.7 Å². The average Bonchev–Trinajstić information content (AvgIpc) is 2.35. The van der Waals surface area contributed by atoms with Crippen LogP contribution in [0.5, 0.6) is 0 Å². The maximum atomic E-state index is 12.1. The van der Waals surface area contributed by atoms with Crippen molar-refractivity contribution in [2.24, 2.45) is 5.92 Å². The smallest absolute Gasteiger partial charge is 0.309 e. The summed E-state index contributed by atoms with van der Waals surface area (Å²) in [6.45, 7) is 21.0. The summed E-state index contributed by atoms with van der Waals surface area (Å²) in [4.78, 5) is 12.1. The molecule has 0 unspecified atom stereocenters. The fourth-order valence-electron chi connectivity index (χ4n) is 2.27. The molecule has 0 radical (unpaired) electrons. The molecule has 1 aromatic rings. The van der Waals surface area contributed by atoms with Crippen molar-refractivity contribution in [2.45, 2.75) is 85.7 Å². The summed E-state index contributed by atoms with van der Waals surface area (Å²) >= 11 is 0. The van der Waals surface area contributed by atoms with Crippen LogP contribution in [0.2, 0.25) is 0 Å². The summed E-state index contributed by atoms with van der Waals surface area (Å²) < 4.78 is 5.78. The van der Waals surface area contributed by atoms with Gasteiger partial charge in [0.2, 0.25) is 0 Å². The SMILES string of the molecule is CC(C)C(=O)OC(C)(C)c1cc(C(C)(C)C)cc(C(C)(C)C)c1. The minimum atomic E-state index is -0.636. The van der Waals surface area contributed by atoms with Gasteiger partial charge in [-0.1, -0.05) is 73.6 Å². The second-order valence-corrected chi connectivity index (χ2v) is 9.39. The van der Waals surface area contributed by atoms with E-state index in [0.29, 0.717) is 0 Å². The predicted octanol–water partition coefficient (Wildman–Crippen LogP) is 5.72. The van der Waals surface area contributed by atoms with E-state index in [1.807, 2.05) is 27.7 Å². The van der Waals surface area contributed by atoms with Crippen LogP contribution < -0.4 is 0 Å². The second-order valence-electron chi connectivity index (χ2n) is 9.39. The fourth-order valence-corrected chi connectivity index (χ4v) is 2.27. The maximum absolute atomic E-state index is 12.1. The molecule has 0 aliphatic carbocycles. The number of esters is 1. The number of rotatable bonds is 3. The van der Waals surface area contributed by atoms with Crippen LogP contribution in [0, 0.1) is 5.92 Å². The Labute approximate surface area is 142 Å². The van der Waals surface area contributed by atoms with Gasteiger partial charge in [0.25, 0.3) is 0 Å². The maximum Gasteiger partial charge on any atom is 0.309 e. The monoisotopic (exact) mass is 318 g/mol. The van der Waals surface area contributed by atoms with Crippen molar-refractivity contribution in [1.82, 2.24) is 0 Å². The predicted molar refractivity (Wildman–Crippen MR) is 97.8 cm³/mol. The van der Waals surface area contributed by atoms with Gasteiger partial charge < -0.3 is 4.74 Å². The van der Waals surface area contributed by atoms with Crippen LogP contribution in [-0.4, -0.2) is 5.97 Å². The van der Waals surface area contributed by atoms with Gasteiger partial charge in [0, 0.05) is 0 Å². The van der Waals surface area contributed by atoms with Crippen molar-refractivity contribution in [1.29, 1.82) is 0 Å². The van der Waals surface area contributed by atoms with Crippen LogP contribution in [0.1, 0.15) is 85.9 Å². The summed E-state index contributed by atoms with van der Waals surface area (Å²) in [7, 11) is 0. The Morgan fingerprint density at radius 3 is 1.43 bits per heavy atom. The molecule has 0 aliphatic rings. The Bertz CT molecular complexity index is 534. The van der Waals surface area contributed by atoms with Crippen LogP contribution in [0.25, 0.3) is 0 Å². The minimum absolute atomic E-state index is 0.0497. The summed E-state index contributed by atoms with van der Waals surface area (Å²) in [6.07, 6.45) is 0. The molecule has 0 amide bonds. The number of carbonyl (C=O) groups excluding carboxylic acids is 1. The molecule has 0 heterocycles. The van der Waals surface area contributed by atoms with E-state index in [4.69, 9.17) is 4.74 Å². The number of hydrogen-bond acceptors (Lipinski definition) is 2. The molecule has 0 aromatic heterocycles. The van der Waals surface area contributed by atoms with E-state index in [0.717, 1.165) is 5.56 Å².